The van der Waals surface area contributed by atoms with Gasteiger partial charge >= 0.3 is 5.97 Å². The van der Waals surface area contributed by atoms with E-state index in [1.54, 1.807) is 30.6 Å². The second kappa shape index (κ2) is 9.11. The van der Waals surface area contributed by atoms with Crippen molar-refractivity contribution in [2.75, 3.05) is 25.1 Å². The van der Waals surface area contributed by atoms with Crippen molar-refractivity contribution in [1.82, 2.24) is 24.5 Å². The predicted molar refractivity (Wildman–Crippen MR) is 132 cm³/mol. The number of rotatable bonds is 7. The topological polar surface area (TPSA) is 140 Å². The van der Waals surface area contributed by atoms with Crippen LogP contribution in [0.5, 0.6) is 5.88 Å². The van der Waals surface area contributed by atoms with E-state index >= 15 is 0 Å². The Bertz CT molecular complexity index is 1560. The number of anilines is 1. The molecule has 11 nitrogen and oxygen atoms in total. The standard InChI is InChI=1S/C24H22N6O5S/c1-12-6-18(29-9-14(10-29)16(31)8-17-26-13(2)7-19(27-17)35-3)28-22-20(12)21(32)15(23(33)34)11-30(22)24-25-4-5-36-24/h4-7,11,14H,8-10H2,1-3H3,(H,33,34). The van der Waals surface area contributed by atoms with Crippen molar-refractivity contribution in [2.24, 2.45) is 5.92 Å². The molecule has 1 saturated heterocycles. The molecule has 12 heteroatoms. The number of carboxylic acid groups (broad SMARTS) is 1. The highest BCUT2D eigenvalue weighted by molar-refractivity contribution is 7.12. The fourth-order valence-corrected chi connectivity index (χ4v) is 4.84. The molecule has 36 heavy (non-hydrogen) atoms. The van der Waals surface area contributed by atoms with E-state index in [1.165, 1.54) is 29.2 Å². The number of carbonyl (C=O) groups excluding carboxylic acids is 1. The molecule has 1 aliphatic heterocycles. The third kappa shape index (κ3) is 4.19. The molecular formula is C24H22N6O5S. The smallest absolute Gasteiger partial charge is 0.341 e. The van der Waals surface area contributed by atoms with Crippen molar-refractivity contribution in [3.8, 4) is 11.0 Å². The van der Waals surface area contributed by atoms with Gasteiger partial charge in [-0.15, -0.1) is 11.3 Å². The first-order valence-electron chi connectivity index (χ1n) is 11.1. The summed E-state index contributed by atoms with van der Waals surface area (Å²) >= 11 is 1.30. The molecule has 1 N–H and O–H groups in total. The number of aryl methyl sites for hydroxylation is 2. The van der Waals surface area contributed by atoms with Gasteiger partial charge in [0.25, 0.3) is 0 Å². The zero-order valence-corrected chi connectivity index (χ0v) is 20.6. The SMILES string of the molecule is COc1cc(C)nc(CC(=O)C2CN(c3cc(C)c4c(=O)c(C(=O)O)cn(-c5nccs5)c4n3)C2)n1. The number of aromatic nitrogens is 5. The highest BCUT2D eigenvalue weighted by atomic mass is 32.1. The third-order valence-electron chi connectivity index (χ3n) is 6.08. The second-order valence-electron chi connectivity index (χ2n) is 8.57. The van der Waals surface area contributed by atoms with Crippen LogP contribution in [-0.2, 0) is 11.2 Å². The average Bonchev–Trinajstić information content (AvgIpc) is 3.32. The lowest BCUT2D eigenvalue weighted by atomic mass is 9.93. The van der Waals surface area contributed by atoms with E-state index in [0.29, 0.717) is 47.0 Å². The Morgan fingerprint density at radius 2 is 1.97 bits per heavy atom. The van der Waals surface area contributed by atoms with E-state index in [9.17, 15) is 19.5 Å². The summed E-state index contributed by atoms with van der Waals surface area (Å²) in [5, 5.41) is 12.0. The number of carboxylic acids is 1. The van der Waals surface area contributed by atoms with Crippen LogP contribution in [0.1, 0.15) is 27.4 Å². The first kappa shape index (κ1) is 23.5. The number of ketones is 1. The van der Waals surface area contributed by atoms with Crippen molar-refractivity contribution in [2.45, 2.75) is 20.3 Å². The monoisotopic (exact) mass is 506 g/mol. The Morgan fingerprint density at radius 1 is 1.19 bits per heavy atom. The van der Waals surface area contributed by atoms with Crippen LogP contribution >= 0.6 is 11.3 Å². The fourth-order valence-electron chi connectivity index (χ4n) is 4.22. The van der Waals surface area contributed by atoms with Gasteiger partial charge in [0.15, 0.2) is 10.8 Å². The van der Waals surface area contributed by atoms with Gasteiger partial charge in [0.05, 0.1) is 24.8 Å². The normalized spacial score (nSPS) is 13.6. The Labute approximate surface area is 209 Å². The van der Waals surface area contributed by atoms with Gasteiger partial charge in [0, 0.05) is 42.6 Å². The van der Waals surface area contributed by atoms with Crippen molar-refractivity contribution < 1.29 is 19.4 Å². The highest BCUT2D eigenvalue weighted by Crippen LogP contribution is 2.29. The van der Waals surface area contributed by atoms with Crippen LogP contribution in [-0.4, -0.2) is 61.6 Å². The van der Waals surface area contributed by atoms with Gasteiger partial charge in [-0.3, -0.25) is 14.2 Å². The van der Waals surface area contributed by atoms with Crippen LogP contribution in [0.25, 0.3) is 16.2 Å². The maximum Gasteiger partial charge on any atom is 0.341 e. The number of carbonyl (C=O) groups is 2. The molecule has 184 valence electrons. The van der Waals surface area contributed by atoms with Gasteiger partial charge in [0.2, 0.25) is 11.3 Å². The Morgan fingerprint density at radius 3 is 2.64 bits per heavy atom. The van der Waals surface area contributed by atoms with Crippen LogP contribution in [0.2, 0.25) is 0 Å². The van der Waals surface area contributed by atoms with Crippen LogP contribution in [0, 0.1) is 19.8 Å². The number of fused-ring (bicyclic) bond motifs is 1. The first-order valence-corrected chi connectivity index (χ1v) is 12.0. The lowest BCUT2D eigenvalue weighted by Crippen LogP contribution is -2.51. The van der Waals surface area contributed by atoms with Crippen molar-refractivity contribution in [3.63, 3.8) is 0 Å². The van der Waals surface area contributed by atoms with Gasteiger partial charge < -0.3 is 14.7 Å². The fraction of sp³-hybridized carbons (Fsp3) is 0.292. The minimum Gasteiger partial charge on any atom is -0.481 e. The molecule has 0 atom stereocenters. The summed E-state index contributed by atoms with van der Waals surface area (Å²) in [6, 6.07) is 3.45. The summed E-state index contributed by atoms with van der Waals surface area (Å²) in [7, 11) is 1.52. The van der Waals surface area contributed by atoms with Crippen LogP contribution in [0.4, 0.5) is 5.82 Å². The zero-order chi connectivity index (χ0) is 25.6. The lowest BCUT2D eigenvalue weighted by molar-refractivity contribution is -0.123. The third-order valence-corrected chi connectivity index (χ3v) is 6.85. The summed E-state index contributed by atoms with van der Waals surface area (Å²) in [4.78, 5) is 57.0. The van der Waals surface area contributed by atoms with Gasteiger partial charge in [0.1, 0.15) is 23.0 Å². The molecule has 0 aliphatic carbocycles. The van der Waals surface area contributed by atoms with Gasteiger partial charge in [-0.05, 0) is 25.5 Å². The maximum absolute atomic E-state index is 12.9. The highest BCUT2D eigenvalue weighted by Gasteiger charge is 2.34. The molecule has 1 fully saturated rings. The van der Waals surface area contributed by atoms with E-state index in [-0.39, 0.29) is 29.1 Å². The maximum atomic E-state index is 12.9. The molecule has 0 unspecified atom stereocenters. The van der Waals surface area contributed by atoms with Crippen LogP contribution < -0.4 is 15.1 Å². The number of pyridine rings is 2. The molecule has 0 spiro atoms. The van der Waals surface area contributed by atoms with Crippen molar-refractivity contribution in [1.29, 1.82) is 0 Å². The number of thiazole rings is 1. The molecule has 0 amide bonds. The van der Waals surface area contributed by atoms with E-state index in [1.807, 2.05) is 11.8 Å². The largest absolute Gasteiger partial charge is 0.481 e. The summed E-state index contributed by atoms with van der Waals surface area (Å²) in [6.07, 6.45) is 2.98. The number of aromatic carboxylic acids is 1. The molecule has 0 radical (unpaired) electrons. The van der Waals surface area contributed by atoms with Gasteiger partial charge in [-0.25, -0.2) is 19.7 Å². The van der Waals surface area contributed by atoms with Crippen LogP contribution in [0.3, 0.4) is 0 Å². The molecule has 4 aromatic rings. The Hall–Kier alpha value is -4.19. The van der Waals surface area contributed by atoms with Crippen molar-refractivity contribution >= 4 is 39.9 Å². The molecule has 4 aromatic heterocycles. The van der Waals surface area contributed by atoms with E-state index in [0.717, 1.165) is 5.69 Å². The number of ether oxygens (including phenoxy) is 1. The molecule has 0 aromatic carbocycles. The molecule has 0 bridgehead atoms. The Balaban J connectivity index is 1.43. The minimum absolute atomic E-state index is 0.0298. The summed E-state index contributed by atoms with van der Waals surface area (Å²) in [5.41, 5.74) is 0.716. The van der Waals surface area contributed by atoms with Crippen molar-refractivity contribution in [3.05, 3.63) is 62.8 Å². The molecule has 5 rings (SSSR count). The quantitative estimate of drug-likeness (QED) is 0.397. The summed E-state index contributed by atoms with van der Waals surface area (Å²) in [5.74, 6) is -0.0265. The molecular weight excluding hydrogens is 484 g/mol. The predicted octanol–water partition coefficient (Wildman–Crippen LogP) is 2.20. The Kier molecular flexibility index (Phi) is 5.96. The van der Waals surface area contributed by atoms with E-state index in [4.69, 9.17) is 9.72 Å². The first-order chi connectivity index (χ1) is 17.2. The molecule has 0 saturated carbocycles. The lowest BCUT2D eigenvalue weighted by Gasteiger charge is -2.39. The number of methoxy groups -OCH3 is 1. The minimum atomic E-state index is -1.31. The molecule has 5 heterocycles. The summed E-state index contributed by atoms with van der Waals surface area (Å²) in [6.45, 7) is 4.50. The van der Waals surface area contributed by atoms with Crippen LogP contribution in [0.15, 0.2) is 34.7 Å². The van der Waals surface area contributed by atoms with E-state index < -0.39 is 11.4 Å². The number of Topliss-reactive ketones (excluding diaryl/α,β-unsaturated/α-hetero) is 1. The number of nitrogens with zero attached hydrogens (tertiary/aromatic N) is 6. The zero-order valence-electron chi connectivity index (χ0n) is 19.8. The van der Waals surface area contributed by atoms with E-state index in [2.05, 4.69) is 15.0 Å². The summed E-state index contributed by atoms with van der Waals surface area (Å²) < 4.78 is 6.70. The number of hydrogen-bond acceptors (Lipinski definition) is 10. The average molecular weight is 507 g/mol. The van der Waals surface area contributed by atoms with Gasteiger partial charge in [-0.2, -0.15) is 4.98 Å². The van der Waals surface area contributed by atoms with Gasteiger partial charge in [-0.1, -0.05) is 0 Å². The number of hydrogen-bond donors (Lipinski definition) is 1. The second-order valence-corrected chi connectivity index (χ2v) is 9.44. The molecule has 1 aliphatic rings.